The lowest BCUT2D eigenvalue weighted by Gasteiger charge is -2.35. The molecule has 1 saturated heterocycles. The van der Waals surface area contributed by atoms with E-state index in [0.29, 0.717) is 5.25 Å². The van der Waals surface area contributed by atoms with Gasteiger partial charge in [-0.3, -0.25) is 0 Å². The standard InChI is InChI=1S/C12H21NOS2/c1-2-10-12(16-7-6-15-10)11(13)9-4-3-5-14-8-9/h8,10-12H,2-7,13H2,1H3. The largest absolute Gasteiger partial charge is 0.501 e. The van der Waals surface area contributed by atoms with Crippen LogP contribution in [0.4, 0.5) is 0 Å². The Morgan fingerprint density at radius 1 is 1.50 bits per heavy atom. The first-order chi connectivity index (χ1) is 7.83. The molecule has 2 aliphatic heterocycles. The molecule has 3 atom stereocenters. The molecular weight excluding hydrogens is 238 g/mol. The molecule has 0 aliphatic carbocycles. The molecule has 0 bridgehead atoms. The summed E-state index contributed by atoms with van der Waals surface area (Å²) in [5, 5.41) is 1.30. The van der Waals surface area contributed by atoms with Crippen molar-refractivity contribution in [2.24, 2.45) is 5.73 Å². The number of hydrogen-bond donors (Lipinski definition) is 1. The first-order valence-corrected chi connectivity index (χ1v) is 8.22. The van der Waals surface area contributed by atoms with Crippen molar-refractivity contribution in [3.63, 3.8) is 0 Å². The van der Waals surface area contributed by atoms with Crippen molar-refractivity contribution in [3.05, 3.63) is 11.8 Å². The Morgan fingerprint density at radius 2 is 2.31 bits per heavy atom. The highest BCUT2D eigenvalue weighted by molar-refractivity contribution is 8.07. The molecule has 2 rings (SSSR count). The molecule has 0 aromatic carbocycles. The molecule has 0 aromatic heterocycles. The van der Waals surface area contributed by atoms with E-state index < -0.39 is 0 Å². The van der Waals surface area contributed by atoms with Crippen LogP contribution in [0.25, 0.3) is 0 Å². The molecule has 0 aromatic rings. The molecule has 0 spiro atoms. The Morgan fingerprint density at radius 3 is 3.00 bits per heavy atom. The van der Waals surface area contributed by atoms with Crippen molar-refractivity contribution < 1.29 is 4.74 Å². The number of ether oxygens (including phenoxy) is 1. The summed E-state index contributed by atoms with van der Waals surface area (Å²) in [5.74, 6) is 2.52. The summed E-state index contributed by atoms with van der Waals surface area (Å²) in [4.78, 5) is 0. The lowest BCUT2D eigenvalue weighted by Crippen LogP contribution is -2.43. The van der Waals surface area contributed by atoms with Crippen LogP contribution in [0, 0.1) is 0 Å². The zero-order valence-electron chi connectivity index (χ0n) is 9.85. The highest BCUT2D eigenvalue weighted by atomic mass is 32.2. The van der Waals surface area contributed by atoms with E-state index in [9.17, 15) is 0 Å². The van der Waals surface area contributed by atoms with Gasteiger partial charge in [-0.15, -0.1) is 0 Å². The van der Waals surface area contributed by atoms with Crippen LogP contribution >= 0.6 is 23.5 Å². The molecule has 92 valence electrons. The second-order valence-electron chi connectivity index (χ2n) is 4.35. The van der Waals surface area contributed by atoms with Gasteiger partial charge < -0.3 is 10.5 Å². The molecule has 1 fully saturated rings. The molecule has 3 unspecified atom stereocenters. The third-order valence-electron chi connectivity index (χ3n) is 3.24. The van der Waals surface area contributed by atoms with Gasteiger partial charge in [0.1, 0.15) is 0 Å². The lowest BCUT2D eigenvalue weighted by molar-refractivity contribution is 0.221. The van der Waals surface area contributed by atoms with Crippen LogP contribution in [0.1, 0.15) is 26.2 Å². The third kappa shape index (κ3) is 2.90. The van der Waals surface area contributed by atoms with E-state index in [0.717, 1.165) is 24.7 Å². The highest BCUT2D eigenvalue weighted by Gasteiger charge is 2.32. The molecule has 2 aliphatic rings. The first kappa shape index (κ1) is 12.7. The van der Waals surface area contributed by atoms with Gasteiger partial charge in [0, 0.05) is 28.0 Å². The van der Waals surface area contributed by atoms with E-state index in [-0.39, 0.29) is 6.04 Å². The smallest absolute Gasteiger partial charge is 0.0876 e. The molecule has 0 amide bonds. The van der Waals surface area contributed by atoms with Crippen LogP contribution < -0.4 is 5.73 Å². The Kier molecular flexibility index (Phi) is 4.92. The van der Waals surface area contributed by atoms with Crippen LogP contribution in [0.5, 0.6) is 0 Å². The van der Waals surface area contributed by atoms with Gasteiger partial charge in [-0.2, -0.15) is 23.5 Å². The van der Waals surface area contributed by atoms with Crippen molar-refractivity contribution in [3.8, 4) is 0 Å². The van der Waals surface area contributed by atoms with Crippen LogP contribution in [-0.4, -0.2) is 34.7 Å². The maximum atomic E-state index is 6.41. The van der Waals surface area contributed by atoms with E-state index in [1.807, 2.05) is 6.26 Å². The van der Waals surface area contributed by atoms with E-state index in [2.05, 4.69) is 30.4 Å². The van der Waals surface area contributed by atoms with Gasteiger partial charge in [0.15, 0.2) is 0 Å². The maximum absolute atomic E-state index is 6.41. The Hall–Kier alpha value is 0.200. The monoisotopic (exact) mass is 259 g/mol. The first-order valence-electron chi connectivity index (χ1n) is 6.12. The zero-order valence-corrected chi connectivity index (χ0v) is 11.5. The Bertz CT molecular complexity index is 257. The molecular formula is C12H21NOS2. The average molecular weight is 259 g/mol. The minimum absolute atomic E-state index is 0.197. The fraction of sp³-hybridized carbons (Fsp3) is 0.833. The van der Waals surface area contributed by atoms with Gasteiger partial charge in [0.25, 0.3) is 0 Å². The number of thioether (sulfide) groups is 2. The van der Waals surface area contributed by atoms with Gasteiger partial charge >= 0.3 is 0 Å². The van der Waals surface area contributed by atoms with Crippen LogP contribution in [-0.2, 0) is 4.74 Å². The molecule has 4 heteroatoms. The number of rotatable bonds is 3. The number of hydrogen-bond acceptors (Lipinski definition) is 4. The Labute approximate surface area is 107 Å². The summed E-state index contributed by atoms with van der Waals surface area (Å²) in [7, 11) is 0. The number of nitrogens with two attached hydrogens (primary N) is 1. The summed E-state index contributed by atoms with van der Waals surface area (Å²) in [6.07, 6.45) is 5.39. The fourth-order valence-electron chi connectivity index (χ4n) is 2.31. The van der Waals surface area contributed by atoms with Crippen molar-refractivity contribution in [1.82, 2.24) is 0 Å². The van der Waals surface area contributed by atoms with Crippen molar-refractivity contribution >= 4 is 23.5 Å². The molecule has 0 radical (unpaired) electrons. The van der Waals surface area contributed by atoms with Gasteiger partial charge in [-0.05, 0) is 24.8 Å². The second kappa shape index (κ2) is 6.22. The van der Waals surface area contributed by atoms with Crippen LogP contribution in [0.15, 0.2) is 11.8 Å². The second-order valence-corrected chi connectivity index (χ2v) is 6.98. The fourth-order valence-corrected chi connectivity index (χ4v) is 5.51. The predicted octanol–water partition coefficient (Wildman–Crippen LogP) is 2.64. The van der Waals surface area contributed by atoms with E-state index in [1.54, 1.807) is 0 Å². The zero-order chi connectivity index (χ0) is 11.4. The topological polar surface area (TPSA) is 35.2 Å². The van der Waals surface area contributed by atoms with E-state index in [1.165, 1.54) is 23.5 Å². The Balaban J connectivity index is 2.00. The minimum Gasteiger partial charge on any atom is -0.501 e. The normalized spacial score (nSPS) is 32.8. The minimum atomic E-state index is 0.197. The molecule has 2 heterocycles. The molecule has 2 nitrogen and oxygen atoms in total. The van der Waals surface area contributed by atoms with Crippen molar-refractivity contribution in [2.75, 3.05) is 18.1 Å². The van der Waals surface area contributed by atoms with E-state index in [4.69, 9.17) is 10.5 Å². The van der Waals surface area contributed by atoms with Gasteiger partial charge in [-0.25, -0.2) is 0 Å². The maximum Gasteiger partial charge on any atom is 0.0876 e. The van der Waals surface area contributed by atoms with Gasteiger partial charge in [-0.1, -0.05) is 6.92 Å². The summed E-state index contributed by atoms with van der Waals surface area (Å²) < 4.78 is 5.40. The molecule has 16 heavy (non-hydrogen) atoms. The SMILES string of the molecule is CCC1SCCSC1C(N)C1=COCCC1. The van der Waals surface area contributed by atoms with Crippen LogP contribution in [0.2, 0.25) is 0 Å². The summed E-state index contributed by atoms with van der Waals surface area (Å²) in [6, 6.07) is 0.197. The summed E-state index contributed by atoms with van der Waals surface area (Å²) in [5.41, 5.74) is 7.73. The van der Waals surface area contributed by atoms with Crippen molar-refractivity contribution in [2.45, 2.75) is 42.7 Å². The highest BCUT2D eigenvalue weighted by Crippen LogP contribution is 2.37. The summed E-state index contributed by atoms with van der Waals surface area (Å²) in [6.45, 7) is 3.13. The van der Waals surface area contributed by atoms with Gasteiger partial charge in [0.2, 0.25) is 0 Å². The van der Waals surface area contributed by atoms with Crippen LogP contribution in [0.3, 0.4) is 0 Å². The van der Waals surface area contributed by atoms with Gasteiger partial charge in [0.05, 0.1) is 12.9 Å². The van der Waals surface area contributed by atoms with E-state index >= 15 is 0 Å². The lowest BCUT2D eigenvalue weighted by atomic mass is 9.97. The third-order valence-corrected chi connectivity index (χ3v) is 6.61. The predicted molar refractivity (Wildman–Crippen MR) is 74.0 cm³/mol. The van der Waals surface area contributed by atoms with Crippen molar-refractivity contribution in [1.29, 1.82) is 0 Å². The summed E-state index contributed by atoms with van der Waals surface area (Å²) >= 11 is 4.15. The quantitative estimate of drug-likeness (QED) is 0.845. The average Bonchev–Trinajstić information content (AvgIpc) is 2.39. The molecule has 2 N–H and O–H groups in total. The molecule has 0 saturated carbocycles.